The summed E-state index contributed by atoms with van der Waals surface area (Å²) >= 11 is 0. The van der Waals surface area contributed by atoms with Gasteiger partial charge in [0.25, 0.3) is 0 Å². The standard InChI is InChI=1S/C79H154O17P2/c1-69(2)55-47-39-31-25-21-17-13-11-9-10-12-14-19-23-27-35-45-53-61-78(83)95-74(65-89-76(81)59-51-43-34-30-29-33-41-49-57-71(5)6)67-93-97(85,86)91-63-73(80)64-92-98(87,88)94-68-75(66-90-77(82)60-52-44-38-37-42-50-58-72(7)8)96-79(84)62-54-46-36-28-24-20-16-15-18-22-26-32-40-48-56-70(3)4/h69-75,80H,9-68H2,1-8H3,(H,85,86)(H,87,88)/t73-,74-,75-/m1/s1. The quantitative estimate of drug-likeness (QED) is 0.0222. The van der Waals surface area contributed by atoms with Gasteiger partial charge in [-0.15, -0.1) is 0 Å². The first kappa shape index (κ1) is 96.1. The number of unbranched alkanes of at least 4 members (excludes halogenated alkanes) is 42. The molecule has 0 heterocycles. The minimum atomic E-state index is -4.96. The van der Waals surface area contributed by atoms with Crippen LogP contribution in [0.25, 0.3) is 0 Å². The van der Waals surface area contributed by atoms with Crippen LogP contribution in [-0.4, -0.2) is 96.7 Å². The van der Waals surface area contributed by atoms with Crippen molar-refractivity contribution in [2.45, 2.75) is 420 Å². The van der Waals surface area contributed by atoms with Crippen LogP contribution in [0.1, 0.15) is 402 Å². The van der Waals surface area contributed by atoms with Crippen LogP contribution < -0.4 is 0 Å². The summed E-state index contributed by atoms with van der Waals surface area (Å²) in [6, 6.07) is 0. The lowest BCUT2D eigenvalue weighted by molar-refractivity contribution is -0.161. The molecule has 5 atom stereocenters. The monoisotopic (exact) mass is 1440 g/mol. The zero-order valence-corrected chi connectivity index (χ0v) is 66.2. The summed E-state index contributed by atoms with van der Waals surface area (Å²) in [7, 11) is -9.92. The van der Waals surface area contributed by atoms with Crippen LogP contribution in [0.15, 0.2) is 0 Å². The zero-order valence-electron chi connectivity index (χ0n) is 64.4. The Morgan fingerprint density at radius 3 is 0.633 bits per heavy atom. The van der Waals surface area contributed by atoms with E-state index >= 15 is 0 Å². The van der Waals surface area contributed by atoms with E-state index in [4.69, 9.17) is 37.0 Å². The first-order valence-electron chi connectivity index (χ1n) is 40.7. The minimum Gasteiger partial charge on any atom is -0.462 e. The second-order valence-corrected chi connectivity index (χ2v) is 33.3. The average molecular weight is 1440 g/mol. The first-order chi connectivity index (χ1) is 47.1. The van der Waals surface area contributed by atoms with E-state index < -0.39 is 97.5 Å². The van der Waals surface area contributed by atoms with Gasteiger partial charge in [-0.25, -0.2) is 9.13 Å². The Morgan fingerprint density at radius 1 is 0.255 bits per heavy atom. The van der Waals surface area contributed by atoms with E-state index in [-0.39, 0.29) is 25.7 Å². The molecular formula is C79H154O17P2. The molecule has 0 aromatic carbocycles. The number of hydrogen-bond acceptors (Lipinski definition) is 15. The molecule has 0 amide bonds. The Bertz CT molecular complexity index is 1920. The second kappa shape index (κ2) is 68.2. The number of phosphoric acid groups is 2. The number of carbonyl (C=O) groups is 4. The lowest BCUT2D eigenvalue weighted by atomic mass is 10.0. The largest absolute Gasteiger partial charge is 0.472 e. The van der Waals surface area contributed by atoms with Gasteiger partial charge in [-0.1, -0.05) is 351 Å². The Hall–Kier alpha value is -1.94. The highest BCUT2D eigenvalue weighted by Gasteiger charge is 2.30. The van der Waals surface area contributed by atoms with E-state index in [1.54, 1.807) is 0 Å². The maximum Gasteiger partial charge on any atom is 0.472 e. The van der Waals surface area contributed by atoms with Gasteiger partial charge < -0.3 is 33.8 Å². The van der Waals surface area contributed by atoms with E-state index in [0.717, 1.165) is 114 Å². The van der Waals surface area contributed by atoms with Gasteiger partial charge in [0.1, 0.15) is 19.3 Å². The molecule has 3 N–H and O–H groups in total. The fourth-order valence-electron chi connectivity index (χ4n) is 12.1. The van der Waals surface area contributed by atoms with Crippen molar-refractivity contribution >= 4 is 39.5 Å². The van der Waals surface area contributed by atoms with E-state index in [1.165, 1.54) is 199 Å². The summed E-state index contributed by atoms with van der Waals surface area (Å²) < 4.78 is 68.6. The predicted molar refractivity (Wildman–Crippen MR) is 400 cm³/mol. The Labute approximate surface area is 600 Å². The van der Waals surface area contributed by atoms with Crippen molar-refractivity contribution in [3.63, 3.8) is 0 Å². The number of ether oxygens (including phenoxy) is 4. The van der Waals surface area contributed by atoms with Gasteiger partial charge >= 0.3 is 39.5 Å². The Morgan fingerprint density at radius 2 is 0.429 bits per heavy atom. The molecule has 98 heavy (non-hydrogen) atoms. The molecule has 0 fully saturated rings. The molecule has 0 aromatic heterocycles. The number of rotatable bonds is 76. The third kappa shape index (κ3) is 72.4. The topological polar surface area (TPSA) is 237 Å². The molecule has 582 valence electrons. The lowest BCUT2D eigenvalue weighted by Crippen LogP contribution is -2.30. The molecule has 17 nitrogen and oxygen atoms in total. The fraction of sp³-hybridized carbons (Fsp3) is 0.949. The molecule has 19 heteroatoms. The molecule has 0 rings (SSSR count). The maximum absolute atomic E-state index is 13.1. The summed E-state index contributed by atoms with van der Waals surface area (Å²) in [5.41, 5.74) is 0. The number of hydrogen-bond donors (Lipinski definition) is 3. The summed E-state index contributed by atoms with van der Waals surface area (Å²) in [5.74, 6) is 0.901. The van der Waals surface area contributed by atoms with Gasteiger partial charge in [0.15, 0.2) is 12.2 Å². The van der Waals surface area contributed by atoms with Crippen LogP contribution in [0.2, 0.25) is 0 Å². The van der Waals surface area contributed by atoms with Crippen LogP contribution in [-0.2, 0) is 65.4 Å². The number of aliphatic hydroxyl groups excluding tert-OH is 1. The minimum absolute atomic E-state index is 0.106. The summed E-state index contributed by atoms with van der Waals surface area (Å²) in [4.78, 5) is 72.8. The van der Waals surface area contributed by atoms with Crippen LogP contribution in [0.5, 0.6) is 0 Å². The van der Waals surface area contributed by atoms with Gasteiger partial charge in [-0.05, 0) is 49.4 Å². The van der Waals surface area contributed by atoms with Crippen LogP contribution in [0.3, 0.4) is 0 Å². The molecule has 0 aliphatic rings. The highest BCUT2D eigenvalue weighted by atomic mass is 31.2. The Balaban J connectivity index is 5.17. The van der Waals surface area contributed by atoms with E-state index in [9.17, 15) is 43.2 Å². The van der Waals surface area contributed by atoms with Crippen molar-refractivity contribution in [3.05, 3.63) is 0 Å². The molecule has 0 saturated carbocycles. The van der Waals surface area contributed by atoms with Crippen molar-refractivity contribution in [2.24, 2.45) is 23.7 Å². The van der Waals surface area contributed by atoms with Gasteiger partial charge in [0, 0.05) is 25.7 Å². The van der Waals surface area contributed by atoms with E-state index in [0.29, 0.717) is 31.6 Å². The summed E-state index contributed by atoms with van der Waals surface area (Å²) in [5, 5.41) is 10.6. The predicted octanol–water partition coefficient (Wildman–Crippen LogP) is 23.2. The van der Waals surface area contributed by atoms with Gasteiger partial charge in [0.05, 0.1) is 26.4 Å². The zero-order chi connectivity index (χ0) is 72.4. The molecule has 0 aliphatic carbocycles. The molecule has 0 aromatic rings. The molecule has 0 aliphatic heterocycles. The number of phosphoric ester groups is 2. The van der Waals surface area contributed by atoms with Crippen LogP contribution in [0, 0.1) is 23.7 Å². The average Bonchev–Trinajstić information content (AvgIpc) is 2.11. The maximum atomic E-state index is 13.1. The smallest absolute Gasteiger partial charge is 0.462 e. The lowest BCUT2D eigenvalue weighted by Gasteiger charge is -2.21. The van der Waals surface area contributed by atoms with E-state index in [2.05, 4.69) is 55.4 Å². The van der Waals surface area contributed by atoms with Crippen molar-refractivity contribution in [1.82, 2.24) is 0 Å². The number of aliphatic hydroxyl groups is 1. The van der Waals surface area contributed by atoms with Crippen LogP contribution >= 0.6 is 15.6 Å². The van der Waals surface area contributed by atoms with Gasteiger partial charge in [-0.3, -0.25) is 37.3 Å². The summed E-state index contributed by atoms with van der Waals surface area (Å²) in [6.45, 7) is 14.2. The van der Waals surface area contributed by atoms with E-state index in [1.807, 2.05) is 0 Å². The highest BCUT2D eigenvalue weighted by Crippen LogP contribution is 2.45. The number of esters is 4. The fourth-order valence-corrected chi connectivity index (χ4v) is 13.7. The SMILES string of the molecule is CC(C)CCCCCCCCCCCCCCCCCCCCC(=O)O[C@H](COC(=O)CCCCCCCCCCC(C)C)COP(=O)(O)OC[C@@H](O)COP(=O)(O)OC[C@@H](COC(=O)CCCCCCCCC(C)C)OC(=O)CCCCCCCCCCCCCCCCC(C)C. The third-order valence-corrected chi connectivity index (χ3v) is 20.2. The molecule has 0 radical (unpaired) electrons. The van der Waals surface area contributed by atoms with Gasteiger partial charge in [0.2, 0.25) is 0 Å². The highest BCUT2D eigenvalue weighted by molar-refractivity contribution is 7.47. The molecule has 2 unspecified atom stereocenters. The Kier molecular flexibility index (Phi) is 66.8. The van der Waals surface area contributed by atoms with Crippen molar-refractivity contribution in [2.75, 3.05) is 39.6 Å². The molecule has 0 spiro atoms. The second-order valence-electron chi connectivity index (χ2n) is 30.4. The van der Waals surface area contributed by atoms with Crippen molar-refractivity contribution in [3.8, 4) is 0 Å². The number of carbonyl (C=O) groups excluding carboxylic acids is 4. The third-order valence-electron chi connectivity index (χ3n) is 18.3. The molecular weight excluding hydrogens is 1280 g/mol. The van der Waals surface area contributed by atoms with Crippen molar-refractivity contribution in [1.29, 1.82) is 0 Å². The van der Waals surface area contributed by atoms with Crippen LogP contribution in [0.4, 0.5) is 0 Å². The van der Waals surface area contributed by atoms with Crippen molar-refractivity contribution < 1.29 is 80.2 Å². The molecule has 0 bridgehead atoms. The van der Waals surface area contributed by atoms with Gasteiger partial charge in [-0.2, -0.15) is 0 Å². The summed E-state index contributed by atoms with van der Waals surface area (Å²) in [6.07, 6.45) is 54.4. The first-order valence-corrected chi connectivity index (χ1v) is 43.7. The molecule has 0 saturated heterocycles. The normalized spacial score (nSPS) is 14.1.